The molecule has 0 atom stereocenters. The number of hydrogen-bond donors (Lipinski definition) is 1. The van der Waals surface area contributed by atoms with Gasteiger partial charge in [0.25, 0.3) is 0 Å². The zero-order chi connectivity index (χ0) is 25.5. The number of thiazole rings is 1. The van der Waals surface area contributed by atoms with E-state index in [0.29, 0.717) is 22.7 Å². The number of carbonyl (C=O) groups excluding carboxylic acids is 1. The van der Waals surface area contributed by atoms with Crippen LogP contribution in [0.3, 0.4) is 0 Å². The summed E-state index contributed by atoms with van der Waals surface area (Å²) in [6.07, 6.45) is -2.33. The van der Waals surface area contributed by atoms with Crippen molar-refractivity contribution in [3.8, 4) is 10.4 Å². The van der Waals surface area contributed by atoms with Crippen LogP contribution in [-0.4, -0.2) is 30.9 Å². The maximum atomic E-state index is 13.1. The molecule has 2 aromatic heterocycles. The molecule has 34 heavy (non-hydrogen) atoms. The predicted molar refractivity (Wildman–Crippen MR) is 131 cm³/mol. The van der Waals surface area contributed by atoms with E-state index < -0.39 is 17.7 Å². The van der Waals surface area contributed by atoms with Crippen molar-refractivity contribution >= 4 is 41.6 Å². The van der Waals surface area contributed by atoms with Crippen LogP contribution in [0, 0.1) is 5.92 Å². The standard InChI is InChI=1S/C22H21BF3N3O2S.C2H6/c1-12(2)4-9-17-18(13-5-7-15(23)8-6-13)32-21(28-17)29-19-16(20(30)31-3)10-14(11-27-19)22(24,25)26;1-2/h5-8,10-12H,4,9H2,1-3H3,(H,27,28,29);1-2H3. The molecule has 0 unspecified atom stereocenters. The number of anilines is 2. The number of rotatable bonds is 7. The van der Waals surface area contributed by atoms with Gasteiger partial charge in [-0.15, -0.1) is 0 Å². The number of halogens is 3. The first-order valence-corrected chi connectivity index (χ1v) is 11.7. The minimum Gasteiger partial charge on any atom is -0.465 e. The number of nitrogens with zero attached hydrogens (tertiary/aromatic N) is 2. The van der Waals surface area contributed by atoms with Gasteiger partial charge in [0.15, 0.2) is 5.13 Å². The monoisotopic (exact) mass is 489 g/mol. The fourth-order valence-electron chi connectivity index (χ4n) is 2.95. The van der Waals surface area contributed by atoms with E-state index in [-0.39, 0.29) is 11.4 Å². The molecule has 5 nitrogen and oxygen atoms in total. The molecule has 0 amide bonds. The number of pyridine rings is 1. The summed E-state index contributed by atoms with van der Waals surface area (Å²) in [6, 6.07) is 8.08. The second kappa shape index (κ2) is 12.0. The number of aryl methyl sites for hydroxylation is 1. The van der Waals surface area contributed by atoms with Crippen LogP contribution < -0.4 is 10.8 Å². The van der Waals surface area contributed by atoms with Crippen LogP contribution in [0.5, 0.6) is 0 Å². The van der Waals surface area contributed by atoms with Gasteiger partial charge < -0.3 is 10.1 Å². The van der Waals surface area contributed by atoms with Crippen molar-refractivity contribution in [3.05, 3.63) is 53.3 Å². The number of carbonyl (C=O) groups is 1. The van der Waals surface area contributed by atoms with Crippen molar-refractivity contribution in [2.45, 2.75) is 46.7 Å². The largest absolute Gasteiger partial charge is 0.465 e. The molecule has 0 spiro atoms. The van der Waals surface area contributed by atoms with Crippen molar-refractivity contribution in [2.24, 2.45) is 5.92 Å². The third kappa shape index (κ3) is 7.06. The SMILES string of the molecule is CC.[B]c1ccc(-c2sc(Nc3ncc(C(F)(F)F)cc3C(=O)OC)nc2CCC(C)C)cc1. The number of hydrogen-bond acceptors (Lipinski definition) is 6. The van der Waals surface area contributed by atoms with Crippen molar-refractivity contribution in [1.29, 1.82) is 0 Å². The molecular formula is C24H27BF3N3O2S. The lowest BCUT2D eigenvalue weighted by molar-refractivity contribution is -0.137. The summed E-state index contributed by atoms with van der Waals surface area (Å²) in [4.78, 5) is 21.5. The number of ether oxygens (including phenoxy) is 1. The van der Waals surface area contributed by atoms with E-state index >= 15 is 0 Å². The molecular weight excluding hydrogens is 462 g/mol. The lowest BCUT2D eigenvalue weighted by atomic mass is 9.94. The molecule has 0 saturated heterocycles. The Morgan fingerprint density at radius 3 is 2.41 bits per heavy atom. The second-order valence-corrected chi connectivity index (χ2v) is 8.58. The van der Waals surface area contributed by atoms with Gasteiger partial charge in [0, 0.05) is 6.20 Å². The third-order valence-electron chi connectivity index (χ3n) is 4.67. The topological polar surface area (TPSA) is 64.1 Å². The number of alkyl halides is 3. The molecule has 1 N–H and O–H groups in total. The molecule has 0 bridgehead atoms. The molecule has 10 heteroatoms. The second-order valence-electron chi connectivity index (χ2n) is 7.58. The smallest absolute Gasteiger partial charge is 0.417 e. The van der Waals surface area contributed by atoms with Gasteiger partial charge >= 0.3 is 12.1 Å². The Hall–Kier alpha value is -2.88. The summed E-state index contributed by atoms with van der Waals surface area (Å²) >= 11 is 1.33. The van der Waals surface area contributed by atoms with Crippen molar-refractivity contribution in [3.63, 3.8) is 0 Å². The summed E-state index contributed by atoms with van der Waals surface area (Å²) in [6.45, 7) is 8.23. The molecule has 2 heterocycles. The molecule has 0 aliphatic carbocycles. The first-order chi connectivity index (χ1) is 16.1. The van der Waals surface area contributed by atoms with Crippen LogP contribution in [0.15, 0.2) is 36.5 Å². The van der Waals surface area contributed by atoms with E-state index in [1.807, 2.05) is 26.0 Å². The van der Waals surface area contributed by atoms with E-state index in [4.69, 9.17) is 7.85 Å². The highest BCUT2D eigenvalue weighted by atomic mass is 32.1. The predicted octanol–water partition coefficient (Wildman–Crippen LogP) is 6.16. The molecule has 3 aromatic rings. The van der Waals surface area contributed by atoms with Gasteiger partial charge in [-0.3, -0.25) is 0 Å². The van der Waals surface area contributed by atoms with Crippen molar-refractivity contribution in [1.82, 2.24) is 9.97 Å². The maximum absolute atomic E-state index is 13.1. The normalized spacial score (nSPS) is 11.1. The Morgan fingerprint density at radius 1 is 1.21 bits per heavy atom. The van der Waals surface area contributed by atoms with Crippen molar-refractivity contribution < 1.29 is 22.7 Å². The maximum Gasteiger partial charge on any atom is 0.417 e. The minimum absolute atomic E-state index is 0.0575. The third-order valence-corrected chi connectivity index (χ3v) is 5.74. The number of benzene rings is 1. The van der Waals surface area contributed by atoms with E-state index in [9.17, 15) is 18.0 Å². The lowest BCUT2D eigenvalue weighted by Crippen LogP contribution is -2.12. The Morgan fingerprint density at radius 2 is 1.85 bits per heavy atom. The highest BCUT2D eigenvalue weighted by Gasteiger charge is 2.33. The number of aromatic nitrogens is 2. The quantitative estimate of drug-likeness (QED) is 0.318. The Bertz CT molecular complexity index is 1100. The van der Waals surface area contributed by atoms with Gasteiger partial charge in [0.2, 0.25) is 0 Å². The average molecular weight is 489 g/mol. The fourth-order valence-corrected chi connectivity index (χ4v) is 3.96. The molecule has 1 aromatic carbocycles. The number of methoxy groups -OCH3 is 1. The first kappa shape index (κ1) is 27.4. The van der Waals surface area contributed by atoms with Gasteiger partial charge in [-0.2, -0.15) is 13.2 Å². The van der Waals surface area contributed by atoms with Gasteiger partial charge in [0.1, 0.15) is 19.2 Å². The summed E-state index contributed by atoms with van der Waals surface area (Å²) in [7, 11) is 6.89. The van der Waals surface area contributed by atoms with E-state index in [2.05, 4.69) is 33.9 Å². The van der Waals surface area contributed by atoms with Crippen LogP contribution in [0.1, 0.15) is 55.7 Å². The Balaban J connectivity index is 0.00000199. The molecule has 3 rings (SSSR count). The fraction of sp³-hybridized carbons (Fsp3) is 0.375. The molecule has 180 valence electrons. The molecule has 0 fully saturated rings. The molecule has 2 radical (unpaired) electrons. The zero-order valence-corrected chi connectivity index (χ0v) is 20.6. The van der Waals surface area contributed by atoms with Gasteiger partial charge in [-0.05, 0) is 30.4 Å². The van der Waals surface area contributed by atoms with Crippen LogP contribution in [0.2, 0.25) is 0 Å². The zero-order valence-electron chi connectivity index (χ0n) is 19.8. The summed E-state index contributed by atoms with van der Waals surface area (Å²) in [5.74, 6) is -0.519. The minimum atomic E-state index is -4.64. The van der Waals surface area contributed by atoms with Crippen LogP contribution in [-0.2, 0) is 17.3 Å². The van der Waals surface area contributed by atoms with Gasteiger partial charge in [-0.1, -0.05) is 68.8 Å². The highest BCUT2D eigenvalue weighted by molar-refractivity contribution is 7.19. The molecule has 0 aliphatic heterocycles. The van der Waals surface area contributed by atoms with Gasteiger partial charge in [0.05, 0.1) is 23.2 Å². The van der Waals surface area contributed by atoms with E-state index in [1.54, 1.807) is 12.1 Å². The van der Waals surface area contributed by atoms with Crippen molar-refractivity contribution in [2.75, 3.05) is 12.4 Å². The Labute approximate surface area is 203 Å². The number of nitrogens with one attached hydrogen (secondary N) is 1. The summed E-state index contributed by atoms with van der Waals surface area (Å²) in [5, 5.41) is 3.31. The Kier molecular flexibility index (Phi) is 9.67. The van der Waals surface area contributed by atoms with Crippen LogP contribution in [0.25, 0.3) is 10.4 Å². The summed E-state index contributed by atoms with van der Waals surface area (Å²) < 4.78 is 43.9. The average Bonchev–Trinajstić information content (AvgIpc) is 3.21. The number of esters is 1. The highest BCUT2D eigenvalue weighted by Crippen LogP contribution is 2.36. The van der Waals surface area contributed by atoms with Crippen LogP contribution in [0.4, 0.5) is 24.1 Å². The van der Waals surface area contributed by atoms with E-state index in [1.165, 1.54) is 11.3 Å². The molecule has 0 saturated carbocycles. The van der Waals surface area contributed by atoms with Crippen LogP contribution >= 0.6 is 11.3 Å². The summed E-state index contributed by atoms with van der Waals surface area (Å²) in [5.41, 5.74) is 1.05. The van der Waals surface area contributed by atoms with E-state index in [0.717, 1.165) is 42.2 Å². The lowest BCUT2D eigenvalue weighted by Gasteiger charge is -2.11. The molecule has 0 aliphatic rings. The first-order valence-electron chi connectivity index (χ1n) is 10.9. The van der Waals surface area contributed by atoms with Gasteiger partial charge in [-0.25, -0.2) is 14.8 Å².